The predicted molar refractivity (Wildman–Crippen MR) is 130 cm³/mol. The van der Waals surface area contributed by atoms with Crippen LogP contribution < -0.4 is 4.74 Å². The topological polar surface area (TPSA) is 90.7 Å². The van der Waals surface area contributed by atoms with Gasteiger partial charge in [0.25, 0.3) is 0 Å². The lowest BCUT2D eigenvalue weighted by Crippen LogP contribution is -2.50. The molecule has 0 N–H and O–H groups in total. The van der Waals surface area contributed by atoms with Gasteiger partial charge in [-0.25, -0.2) is 18.4 Å². The van der Waals surface area contributed by atoms with Crippen molar-refractivity contribution < 1.29 is 31.1 Å². The summed E-state index contributed by atoms with van der Waals surface area (Å²) in [5, 5.41) is 14.0. The van der Waals surface area contributed by atoms with Crippen molar-refractivity contribution in [2.24, 2.45) is 0 Å². The number of alkyl halides is 3. The highest BCUT2D eigenvalue weighted by molar-refractivity contribution is 7.90. The molecule has 2 aromatic rings. The molecule has 0 atom stereocenters. The first-order chi connectivity index (χ1) is 17.5. The zero-order valence-corrected chi connectivity index (χ0v) is 21.2. The lowest BCUT2D eigenvalue weighted by Gasteiger charge is -2.41. The van der Waals surface area contributed by atoms with Gasteiger partial charge in [-0.05, 0) is 62.1 Å². The van der Waals surface area contributed by atoms with E-state index in [-0.39, 0.29) is 27.9 Å². The van der Waals surface area contributed by atoms with Gasteiger partial charge in [-0.15, -0.1) is 0 Å². The third kappa shape index (κ3) is 6.32. The maximum atomic E-state index is 13.1. The molecule has 0 saturated carbocycles. The third-order valence-electron chi connectivity index (χ3n) is 6.76. The number of piperidine rings is 2. The number of halogens is 3. The van der Waals surface area contributed by atoms with Gasteiger partial charge in [0, 0.05) is 43.6 Å². The smallest absolute Gasteiger partial charge is 0.416 e. The summed E-state index contributed by atoms with van der Waals surface area (Å²) in [5.74, 6) is -0.625. The summed E-state index contributed by atoms with van der Waals surface area (Å²) in [6.07, 6.45) is 1.20. The van der Waals surface area contributed by atoms with Crippen molar-refractivity contribution in [1.82, 2.24) is 10.0 Å². The Morgan fingerprint density at radius 2 is 1.65 bits per heavy atom. The highest BCUT2D eigenvalue weighted by Gasteiger charge is 2.32. The van der Waals surface area contributed by atoms with Crippen LogP contribution in [0.1, 0.15) is 59.2 Å². The van der Waals surface area contributed by atoms with Crippen molar-refractivity contribution in [3.05, 3.63) is 58.7 Å². The monoisotopic (exact) mass is 535 g/mol. The van der Waals surface area contributed by atoms with Crippen molar-refractivity contribution in [3.63, 3.8) is 0 Å². The van der Waals surface area contributed by atoms with Gasteiger partial charge in [-0.1, -0.05) is 6.42 Å². The summed E-state index contributed by atoms with van der Waals surface area (Å²) in [5.41, 5.74) is -1.80. The van der Waals surface area contributed by atoms with Crippen molar-refractivity contribution in [1.29, 1.82) is 5.26 Å². The molecule has 0 aliphatic carbocycles. The molecule has 2 aromatic carbocycles. The fourth-order valence-electron chi connectivity index (χ4n) is 4.79. The summed E-state index contributed by atoms with van der Waals surface area (Å²) in [7, 11) is -3.80. The number of carbonyl (C=O) groups excluding carboxylic acids is 1. The minimum atomic E-state index is -4.67. The Bertz CT molecular complexity index is 1310. The van der Waals surface area contributed by atoms with Gasteiger partial charge < -0.3 is 4.74 Å². The van der Waals surface area contributed by atoms with Gasteiger partial charge in [0.1, 0.15) is 16.7 Å². The van der Waals surface area contributed by atoms with Crippen molar-refractivity contribution >= 4 is 15.6 Å². The molecule has 2 fully saturated rings. The second-order valence-corrected chi connectivity index (χ2v) is 11.4. The van der Waals surface area contributed by atoms with E-state index in [1.165, 1.54) is 31.4 Å². The Balaban J connectivity index is 1.54. The summed E-state index contributed by atoms with van der Waals surface area (Å²) in [6, 6.07) is 7.82. The molecule has 0 spiro atoms. The van der Waals surface area contributed by atoms with Gasteiger partial charge in [-0.3, -0.25) is 4.79 Å². The first-order valence-corrected chi connectivity index (χ1v) is 14.0. The first kappa shape index (κ1) is 27.1. The van der Waals surface area contributed by atoms with E-state index < -0.39 is 32.9 Å². The van der Waals surface area contributed by atoms with E-state index in [1.807, 2.05) is 0 Å². The Kier molecular flexibility index (Phi) is 7.92. The van der Waals surface area contributed by atoms with Crippen LogP contribution in [0.4, 0.5) is 13.2 Å². The SMILES string of the molecule is CS(=O)(=O)c1cc(C(=O)c2ccc(C(F)(F)F)cc2C#N)ccc1OC1CCN(N2CCCCC2)CC1. The highest BCUT2D eigenvalue weighted by Crippen LogP contribution is 2.33. The number of hydrogen-bond acceptors (Lipinski definition) is 7. The number of carbonyl (C=O) groups is 1. The number of ketones is 1. The second kappa shape index (κ2) is 10.8. The fraction of sp³-hybridized carbons (Fsp3) is 0.462. The number of rotatable bonds is 6. The average molecular weight is 536 g/mol. The number of ether oxygens (including phenoxy) is 1. The molecule has 2 aliphatic rings. The van der Waals surface area contributed by atoms with Crippen LogP contribution in [0.15, 0.2) is 41.3 Å². The maximum Gasteiger partial charge on any atom is 0.416 e. The molecule has 37 heavy (non-hydrogen) atoms. The zero-order chi connectivity index (χ0) is 26.8. The van der Waals surface area contributed by atoms with Crippen LogP contribution in [0.5, 0.6) is 5.75 Å². The van der Waals surface area contributed by atoms with E-state index in [9.17, 15) is 31.6 Å². The van der Waals surface area contributed by atoms with Crippen molar-refractivity contribution in [2.75, 3.05) is 32.4 Å². The lowest BCUT2D eigenvalue weighted by molar-refractivity contribution is -0.137. The summed E-state index contributed by atoms with van der Waals surface area (Å²) < 4.78 is 70.2. The van der Waals surface area contributed by atoms with E-state index in [0.29, 0.717) is 6.07 Å². The van der Waals surface area contributed by atoms with Gasteiger partial charge in [0.2, 0.25) is 0 Å². The molecule has 198 valence electrons. The number of sulfone groups is 1. The van der Waals surface area contributed by atoms with Gasteiger partial charge in [0.15, 0.2) is 15.6 Å². The molecular formula is C26H28F3N3O4S. The predicted octanol–water partition coefficient (Wildman–Crippen LogP) is 4.46. The van der Waals surface area contributed by atoms with Gasteiger partial charge in [-0.2, -0.15) is 18.4 Å². The maximum absolute atomic E-state index is 13.1. The summed E-state index contributed by atoms with van der Waals surface area (Å²) in [6.45, 7) is 3.71. The molecule has 0 aromatic heterocycles. The van der Waals surface area contributed by atoms with Crippen LogP contribution in [-0.2, 0) is 16.0 Å². The number of nitriles is 1. The Labute approximate surface area is 214 Å². The highest BCUT2D eigenvalue weighted by atomic mass is 32.2. The molecule has 0 radical (unpaired) electrons. The van der Waals surface area contributed by atoms with E-state index in [0.717, 1.165) is 63.5 Å². The van der Waals surface area contributed by atoms with Crippen LogP contribution in [0, 0.1) is 11.3 Å². The minimum Gasteiger partial charge on any atom is -0.489 e. The van der Waals surface area contributed by atoms with Crippen LogP contribution in [0.3, 0.4) is 0 Å². The quantitative estimate of drug-likeness (QED) is 0.505. The molecule has 11 heteroatoms. The first-order valence-electron chi connectivity index (χ1n) is 12.1. The Morgan fingerprint density at radius 1 is 1.00 bits per heavy atom. The molecule has 2 saturated heterocycles. The van der Waals surface area contributed by atoms with Crippen LogP contribution in [0.2, 0.25) is 0 Å². The van der Waals surface area contributed by atoms with Gasteiger partial charge >= 0.3 is 6.18 Å². The molecular weight excluding hydrogens is 507 g/mol. The third-order valence-corrected chi connectivity index (χ3v) is 7.88. The summed E-state index contributed by atoms with van der Waals surface area (Å²) >= 11 is 0. The standard InChI is InChI=1S/C26H28F3N3O4S/c1-37(34,35)24-16-18(25(33)22-7-6-20(26(27,28)29)15-19(22)17-30)5-8-23(24)36-21-9-13-32(14-10-21)31-11-3-2-4-12-31/h5-8,15-16,21H,2-4,9-14H2,1H3. The molecule has 0 bridgehead atoms. The second-order valence-electron chi connectivity index (χ2n) is 9.42. The number of hydrogen-bond donors (Lipinski definition) is 0. The van der Waals surface area contributed by atoms with Crippen molar-refractivity contribution in [3.8, 4) is 11.8 Å². The van der Waals surface area contributed by atoms with Gasteiger partial charge in [0.05, 0.1) is 17.2 Å². The number of benzene rings is 2. The number of hydrazine groups is 1. The largest absolute Gasteiger partial charge is 0.489 e. The lowest BCUT2D eigenvalue weighted by atomic mass is 9.97. The molecule has 0 amide bonds. The van der Waals surface area contributed by atoms with Crippen LogP contribution in [-0.4, -0.2) is 62.8 Å². The van der Waals surface area contributed by atoms with Crippen LogP contribution >= 0.6 is 0 Å². The molecule has 7 nitrogen and oxygen atoms in total. The average Bonchev–Trinajstić information content (AvgIpc) is 2.88. The van der Waals surface area contributed by atoms with Crippen LogP contribution in [0.25, 0.3) is 0 Å². The van der Waals surface area contributed by atoms with E-state index in [2.05, 4.69) is 10.0 Å². The Morgan fingerprint density at radius 3 is 2.24 bits per heavy atom. The van der Waals surface area contributed by atoms with E-state index in [4.69, 9.17) is 4.74 Å². The van der Waals surface area contributed by atoms with E-state index >= 15 is 0 Å². The molecule has 2 heterocycles. The zero-order valence-electron chi connectivity index (χ0n) is 20.4. The Hall–Kier alpha value is -2.94. The number of nitrogens with zero attached hydrogens (tertiary/aromatic N) is 3. The summed E-state index contributed by atoms with van der Waals surface area (Å²) in [4.78, 5) is 12.9. The minimum absolute atomic E-state index is 0.0658. The molecule has 4 rings (SSSR count). The van der Waals surface area contributed by atoms with Crippen molar-refractivity contribution in [2.45, 2.75) is 49.3 Å². The van der Waals surface area contributed by atoms with E-state index in [1.54, 1.807) is 6.07 Å². The normalized spacial score (nSPS) is 18.4. The molecule has 0 unspecified atom stereocenters. The molecule has 2 aliphatic heterocycles. The fourth-order valence-corrected chi connectivity index (χ4v) is 5.61.